The maximum Gasteiger partial charge on any atom is 0.321 e. The first-order valence-electron chi connectivity index (χ1n) is 13.6. The van der Waals surface area contributed by atoms with Gasteiger partial charge in [0.1, 0.15) is 11.4 Å². The van der Waals surface area contributed by atoms with Crippen molar-refractivity contribution in [2.24, 2.45) is 0 Å². The molecular weight excluding hydrogens is 520 g/mol. The molecule has 3 aromatic carbocycles. The number of carbonyl (C=O) groups is 2. The van der Waals surface area contributed by atoms with E-state index >= 15 is 0 Å². The summed E-state index contributed by atoms with van der Waals surface area (Å²) in [5.74, 6) is 0.144. The highest BCUT2D eigenvalue weighted by molar-refractivity contribution is 7.10. The van der Waals surface area contributed by atoms with Crippen LogP contribution in [-0.2, 0) is 6.42 Å². The second kappa shape index (κ2) is 11.9. The lowest BCUT2D eigenvalue weighted by Gasteiger charge is -2.31. The lowest BCUT2D eigenvalue weighted by atomic mass is 9.97. The number of aromatic nitrogens is 1. The minimum absolute atomic E-state index is 0.102. The molecule has 3 N–H and O–H groups in total. The Bertz CT molecular complexity index is 1520. The van der Waals surface area contributed by atoms with E-state index in [0.29, 0.717) is 24.5 Å². The highest BCUT2D eigenvalue weighted by Crippen LogP contribution is 2.33. The summed E-state index contributed by atoms with van der Waals surface area (Å²) in [6.07, 6.45) is 2.57. The average Bonchev–Trinajstić information content (AvgIpc) is 3.49. The molecule has 40 heavy (non-hydrogen) atoms. The van der Waals surface area contributed by atoms with Crippen molar-refractivity contribution in [3.8, 4) is 16.9 Å². The number of phenolic OH excluding ortho intramolecular Hbond substituents is 1. The number of amides is 3. The molecule has 1 aliphatic heterocycles. The van der Waals surface area contributed by atoms with Gasteiger partial charge in [0.05, 0.1) is 10.7 Å². The van der Waals surface area contributed by atoms with Crippen molar-refractivity contribution in [2.75, 3.05) is 23.7 Å². The van der Waals surface area contributed by atoms with Crippen molar-refractivity contribution in [3.63, 3.8) is 0 Å². The van der Waals surface area contributed by atoms with Crippen LogP contribution in [0, 0.1) is 13.8 Å². The number of urea groups is 1. The zero-order valence-electron chi connectivity index (χ0n) is 23.0. The van der Waals surface area contributed by atoms with E-state index in [1.54, 1.807) is 17.5 Å². The van der Waals surface area contributed by atoms with Gasteiger partial charge >= 0.3 is 6.03 Å². The summed E-state index contributed by atoms with van der Waals surface area (Å²) in [6, 6.07) is 19.5. The fraction of sp³-hybridized carbons (Fsp3) is 0.281. The van der Waals surface area contributed by atoms with Gasteiger partial charge in [-0.05, 0) is 73.6 Å². The van der Waals surface area contributed by atoms with E-state index in [2.05, 4.69) is 46.8 Å². The molecule has 0 aliphatic carbocycles. The molecular formula is C32H34N4O3S. The summed E-state index contributed by atoms with van der Waals surface area (Å²) in [4.78, 5) is 32.5. The summed E-state index contributed by atoms with van der Waals surface area (Å²) >= 11 is 1.49. The Morgan fingerprint density at radius 3 is 2.40 bits per heavy atom. The molecule has 3 amide bonds. The van der Waals surface area contributed by atoms with Gasteiger partial charge in [0, 0.05) is 35.6 Å². The van der Waals surface area contributed by atoms with E-state index in [4.69, 9.17) is 0 Å². The van der Waals surface area contributed by atoms with E-state index in [1.165, 1.54) is 16.9 Å². The summed E-state index contributed by atoms with van der Waals surface area (Å²) in [6.45, 7) is 7.06. The number of carbonyl (C=O) groups excluding carboxylic acids is 2. The lowest BCUT2D eigenvalue weighted by molar-refractivity contribution is 0.102. The molecule has 0 radical (unpaired) electrons. The molecule has 0 spiro atoms. The Balaban J connectivity index is 1.18. The van der Waals surface area contributed by atoms with Crippen LogP contribution in [-0.4, -0.2) is 40.0 Å². The summed E-state index contributed by atoms with van der Waals surface area (Å²) in [7, 11) is 0. The quantitative estimate of drug-likeness (QED) is 0.217. The number of hydrogen-bond donors (Lipinski definition) is 3. The molecule has 8 heteroatoms. The third-order valence-corrected chi connectivity index (χ3v) is 8.74. The minimum Gasteiger partial charge on any atom is -0.508 e. The first kappa shape index (κ1) is 27.4. The molecule has 7 nitrogen and oxygen atoms in total. The Morgan fingerprint density at radius 1 is 0.950 bits per heavy atom. The molecule has 0 unspecified atom stereocenters. The third kappa shape index (κ3) is 5.87. The first-order chi connectivity index (χ1) is 19.3. The van der Waals surface area contributed by atoms with Crippen molar-refractivity contribution in [2.45, 2.75) is 46.0 Å². The standard InChI is InChI=1S/C32H34N4O3S/c1-4-22-9-11-23(12-10-22)25-7-5-6-8-27(25)35-32(39)36-17-15-24(16-18-36)31-34-28(19-40-31)30(38)33-26-13-14-29(37)21(3)20(26)2/h5-14,19,24,37H,4,15-18H2,1-3H3,(H,33,38)(H,35,39). The van der Waals surface area contributed by atoms with Crippen LogP contribution in [0.15, 0.2) is 66.0 Å². The van der Waals surface area contributed by atoms with Crippen molar-refractivity contribution < 1.29 is 14.7 Å². The van der Waals surface area contributed by atoms with Crippen LogP contribution in [0.2, 0.25) is 0 Å². The zero-order chi connectivity index (χ0) is 28.2. The highest BCUT2D eigenvalue weighted by Gasteiger charge is 2.27. The van der Waals surface area contributed by atoms with Gasteiger partial charge in [-0.1, -0.05) is 49.4 Å². The lowest BCUT2D eigenvalue weighted by Crippen LogP contribution is -2.40. The van der Waals surface area contributed by atoms with Gasteiger partial charge in [-0.2, -0.15) is 0 Å². The van der Waals surface area contributed by atoms with Gasteiger partial charge in [0.15, 0.2) is 0 Å². The second-order valence-corrected chi connectivity index (χ2v) is 11.1. The van der Waals surface area contributed by atoms with Gasteiger partial charge in [0.2, 0.25) is 0 Å². The second-order valence-electron chi connectivity index (χ2n) is 10.2. The van der Waals surface area contributed by atoms with Crippen LogP contribution in [0.1, 0.15) is 57.9 Å². The van der Waals surface area contributed by atoms with Gasteiger partial charge in [-0.15, -0.1) is 11.3 Å². The van der Waals surface area contributed by atoms with Crippen LogP contribution in [0.5, 0.6) is 5.75 Å². The minimum atomic E-state index is -0.268. The number of nitrogens with one attached hydrogen (secondary N) is 2. The van der Waals surface area contributed by atoms with Gasteiger partial charge in [0.25, 0.3) is 5.91 Å². The molecule has 4 aromatic rings. The smallest absolute Gasteiger partial charge is 0.321 e. The van der Waals surface area contributed by atoms with Crippen molar-refractivity contribution in [3.05, 3.63) is 93.4 Å². The van der Waals surface area contributed by atoms with Crippen LogP contribution < -0.4 is 10.6 Å². The van der Waals surface area contributed by atoms with Crippen molar-refractivity contribution in [1.82, 2.24) is 9.88 Å². The van der Waals surface area contributed by atoms with Gasteiger partial charge < -0.3 is 20.6 Å². The Morgan fingerprint density at radius 2 is 1.68 bits per heavy atom. The molecule has 0 atom stereocenters. The van der Waals surface area contributed by atoms with Crippen molar-refractivity contribution in [1.29, 1.82) is 0 Å². The highest BCUT2D eigenvalue weighted by atomic mass is 32.1. The van der Waals surface area contributed by atoms with E-state index in [1.807, 2.05) is 43.0 Å². The van der Waals surface area contributed by atoms with Crippen molar-refractivity contribution >= 4 is 34.6 Å². The number of aryl methyl sites for hydroxylation is 1. The normalized spacial score (nSPS) is 13.7. The number of aromatic hydroxyl groups is 1. The van der Waals surface area contributed by atoms with E-state index in [9.17, 15) is 14.7 Å². The maximum absolute atomic E-state index is 13.2. The van der Waals surface area contributed by atoms with Crippen LogP contribution in [0.25, 0.3) is 11.1 Å². The van der Waals surface area contributed by atoms with E-state index in [-0.39, 0.29) is 23.6 Å². The molecule has 206 valence electrons. The molecule has 2 heterocycles. The Kier molecular flexibility index (Phi) is 8.16. The number of piperidine rings is 1. The number of para-hydroxylation sites is 1. The van der Waals surface area contributed by atoms with Crippen LogP contribution in [0.3, 0.4) is 0 Å². The monoisotopic (exact) mass is 554 g/mol. The summed E-state index contributed by atoms with van der Waals surface area (Å²) in [5, 5.41) is 18.6. The largest absolute Gasteiger partial charge is 0.508 e. The number of phenols is 1. The fourth-order valence-electron chi connectivity index (χ4n) is 5.00. The average molecular weight is 555 g/mol. The number of rotatable bonds is 6. The summed E-state index contributed by atoms with van der Waals surface area (Å²) in [5.41, 5.74) is 6.76. The Hall–Kier alpha value is -4.17. The SMILES string of the molecule is CCc1ccc(-c2ccccc2NC(=O)N2CCC(c3nc(C(=O)Nc4ccc(O)c(C)c4C)cs3)CC2)cc1. The number of hydrogen-bond acceptors (Lipinski definition) is 5. The molecule has 1 aromatic heterocycles. The maximum atomic E-state index is 13.2. The number of likely N-dealkylation sites (tertiary alicyclic amines) is 1. The molecule has 0 saturated carbocycles. The van der Waals surface area contributed by atoms with Crippen LogP contribution >= 0.6 is 11.3 Å². The molecule has 1 saturated heterocycles. The molecule has 1 fully saturated rings. The fourth-order valence-corrected chi connectivity index (χ4v) is 5.97. The predicted molar refractivity (Wildman–Crippen MR) is 161 cm³/mol. The van der Waals surface area contributed by atoms with Gasteiger partial charge in [-0.3, -0.25) is 4.79 Å². The van der Waals surface area contributed by atoms with E-state index < -0.39 is 0 Å². The van der Waals surface area contributed by atoms with Crippen LogP contribution in [0.4, 0.5) is 16.2 Å². The number of anilines is 2. The first-order valence-corrected chi connectivity index (χ1v) is 14.5. The third-order valence-electron chi connectivity index (χ3n) is 7.73. The van der Waals surface area contributed by atoms with Gasteiger partial charge in [-0.25, -0.2) is 9.78 Å². The molecule has 0 bridgehead atoms. The zero-order valence-corrected chi connectivity index (χ0v) is 23.8. The summed E-state index contributed by atoms with van der Waals surface area (Å²) < 4.78 is 0. The predicted octanol–water partition coefficient (Wildman–Crippen LogP) is 7.36. The number of thiazole rings is 1. The number of nitrogens with zero attached hydrogens (tertiary/aromatic N) is 2. The topological polar surface area (TPSA) is 94.6 Å². The molecule has 1 aliphatic rings. The molecule has 5 rings (SSSR count). The number of benzene rings is 3. The Labute approximate surface area is 238 Å². The van der Waals surface area contributed by atoms with E-state index in [0.717, 1.165) is 52.2 Å².